The third kappa shape index (κ3) is 4.01. The van der Waals surface area contributed by atoms with Gasteiger partial charge in [-0.1, -0.05) is 51.9 Å². The highest BCUT2D eigenvalue weighted by Gasteiger charge is 2.27. The first-order chi connectivity index (χ1) is 14.3. The van der Waals surface area contributed by atoms with E-state index < -0.39 is 0 Å². The summed E-state index contributed by atoms with van der Waals surface area (Å²) in [5.74, 6) is 0.522. The Morgan fingerprint density at radius 2 is 1.93 bits per heavy atom. The van der Waals surface area contributed by atoms with Crippen LogP contribution in [-0.4, -0.2) is 42.1 Å². The van der Waals surface area contributed by atoms with Gasteiger partial charge in [-0.25, -0.2) is 0 Å². The molecule has 2 heterocycles. The van der Waals surface area contributed by atoms with Gasteiger partial charge in [-0.05, 0) is 43.7 Å². The van der Waals surface area contributed by atoms with Crippen LogP contribution in [0.25, 0.3) is 10.9 Å². The molecule has 3 rings (SSSR count). The highest BCUT2D eigenvalue weighted by atomic mass is 32.1. The molecule has 0 spiro atoms. The molecule has 1 amide bonds. The summed E-state index contributed by atoms with van der Waals surface area (Å²) in [6.07, 6.45) is 5.64. The van der Waals surface area contributed by atoms with Crippen LogP contribution < -0.4 is 4.90 Å². The number of pyridine rings is 1. The third-order valence-corrected chi connectivity index (χ3v) is 7.16. The quantitative estimate of drug-likeness (QED) is 0.492. The van der Waals surface area contributed by atoms with Crippen LogP contribution in [0.3, 0.4) is 0 Å². The Morgan fingerprint density at radius 3 is 2.60 bits per heavy atom. The molecule has 1 aliphatic heterocycles. The molecule has 30 heavy (non-hydrogen) atoms. The van der Waals surface area contributed by atoms with Gasteiger partial charge in [-0.2, -0.15) is 0 Å². The van der Waals surface area contributed by atoms with Gasteiger partial charge in [0.25, 0.3) is 5.91 Å². The van der Waals surface area contributed by atoms with E-state index in [-0.39, 0.29) is 5.91 Å². The minimum absolute atomic E-state index is 0.0405. The minimum atomic E-state index is 0.0405. The predicted molar refractivity (Wildman–Crippen MR) is 131 cm³/mol. The van der Waals surface area contributed by atoms with Crippen LogP contribution in [0.5, 0.6) is 0 Å². The van der Waals surface area contributed by atoms with Gasteiger partial charge in [0.15, 0.2) is 0 Å². The molecule has 1 atom stereocenters. The standard InChI is InChI=1S/C25H37N3OS/c1-7-9-14-26(5)24(29)22-18(4)19-11-12-20-21(23(19)27(6)25(22)30)17(3)13-16-28(20)15-10-8-2/h11-12,17H,7-10,13-16H2,1-6H3. The van der Waals surface area contributed by atoms with Crippen molar-refractivity contribution in [3.63, 3.8) is 0 Å². The van der Waals surface area contributed by atoms with Gasteiger partial charge in [0.1, 0.15) is 4.64 Å². The van der Waals surface area contributed by atoms with Crippen molar-refractivity contribution in [2.24, 2.45) is 7.05 Å². The topological polar surface area (TPSA) is 28.5 Å². The highest BCUT2D eigenvalue weighted by Crippen LogP contribution is 2.41. The molecular weight excluding hydrogens is 390 g/mol. The number of benzene rings is 1. The van der Waals surface area contributed by atoms with Crippen LogP contribution >= 0.6 is 12.2 Å². The molecule has 0 saturated carbocycles. The maximum Gasteiger partial charge on any atom is 0.256 e. The lowest BCUT2D eigenvalue weighted by Gasteiger charge is -2.36. The van der Waals surface area contributed by atoms with Crippen molar-refractivity contribution in [1.82, 2.24) is 9.47 Å². The molecule has 0 aliphatic carbocycles. The molecule has 1 unspecified atom stereocenters. The van der Waals surface area contributed by atoms with Gasteiger partial charge in [-0.3, -0.25) is 4.79 Å². The number of amides is 1. The van der Waals surface area contributed by atoms with E-state index in [0.717, 1.165) is 49.8 Å². The number of carbonyl (C=O) groups is 1. The summed E-state index contributed by atoms with van der Waals surface area (Å²) in [6.45, 7) is 11.8. The molecule has 1 aliphatic rings. The molecule has 0 N–H and O–H groups in total. The molecule has 2 aromatic rings. The highest BCUT2D eigenvalue weighted by molar-refractivity contribution is 7.71. The Bertz CT molecular complexity index is 994. The fraction of sp³-hybridized carbons (Fsp3) is 0.600. The van der Waals surface area contributed by atoms with E-state index in [1.165, 1.54) is 29.6 Å². The monoisotopic (exact) mass is 427 g/mol. The Hall–Kier alpha value is -1.88. The molecular formula is C25H37N3OS. The zero-order chi connectivity index (χ0) is 22.0. The predicted octanol–water partition coefficient (Wildman–Crippen LogP) is 6.20. The van der Waals surface area contributed by atoms with Gasteiger partial charge in [0.05, 0.1) is 11.1 Å². The number of aromatic nitrogens is 1. The van der Waals surface area contributed by atoms with Gasteiger partial charge in [0.2, 0.25) is 0 Å². The number of hydrogen-bond donors (Lipinski definition) is 0. The maximum atomic E-state index is 13.2. The van der Waals surface area contributed by atoms with Gasteiger partial charge >= 0.3 is 0 Å². The molecule has 5 heteroatoms. The van der Waals surface area contributed by atoms with Crippen LogP contribution in [-0.2, 0) is 7.05 Å². The van der Waals surface area contributed by atoms with Crippen LogP contribution in [0.1, 0.15) is 80.3 Å². The number of rotatable bonds is 7. The number of carbonyl (C=O) groups excluding carboxylic acids is 1. The fourth-order valence-corrected chi connectivity index (χ4v) is 5.05. The molecule has 0 fully saturated rings. The SMILES string of the molecule is CCCCN(C)C(=O)c1c(C)c2ccc3c(c2n(C)c1=S)C(C)CCN3CCCC. The number of unbranched alkanes of at least 4 members (excludes halogenated alkanes) is 2. The molecule has 164 valence electrons. The van der Waals surface area contributed by atoms with Crippen LogP contribution in [0.4, 0.5) is 5.69 Å². The lowest BCUT2D eigenvalue weighted by molar-refractivity contribution is 0.0791. The van der Waals surface area contributed by atoms with Gasteiger partial charge in [0, 0.05) is 50.4 Å². The average Bonchev–Trinajstić information content (AvgIpc) is 2.74. The number of aryl methyl sites for hydroxylation is 2. The second-order valence-corrected chi connectivity index (χ2v) is 9.26. The number of hydrogen-bond acceptors (Lipinski definition) is 3. The summed E-state index contributed by atoms with van der Waals surface area (Å²) >= 11 is 5.86. The van der Waals surface area contributed by atoms with E-state index in [9.17, 15) is 4.79 Å². The summed E-state index contributed by atoms with van der Waals surface area (Å²) in [5, 5.41) is 1.15. The number of nitrogens with zero attached hydrogens (tertiary/aromatic N) is 3. The van der Waals surface area contributed by atoms with E-state index in [4.69, 9.17) is 12.2 Å². The molecule has 0 radical (unpaired) electrons. The molecule has 0 saturated heterocycles. The van der Waals surface area contributed by atoms with Crippen molar-refractivity contribution in [3.8, 4) is 0 Å². The van der Waals surface area contributed by atoms with E-state index in [0.29, 0.717) is 16.1 Å². The number of anilines is 1. The smallest absolute Gasteiger partial charge is 0.256 e. The Labute approximate surface area is 186 Å². The zero-order valence-electron chi connectivity index (χ0n) is 19.5. The van der Waals surface area contributed by atoms with E-state index in [2.05, 4.69) is 49.3 Å². The van der Waals surface area contributed by atoms with Crippen molar-refractivity contribution >= 4 is 34.7 Å². The first-order valence-corrected chi connectivity index (χ1v) is 11.9. The third-order valence-electron chi connectivity index (χ3n) is 6.68. The molecule has 4 nitrogen and oxygen atoms in total. The van der Waals surface area contributed by atoms with Crippen LogP contribution in [0.2, 0.25) is 0 Å². The Morgan fingerprint density at radius 1 is 1.23 bits per heavy atom. The van der Waals surface area contributed by atoms with E-state index >= 15 is 0 Å². The number of fused-ring (bicyclic) bond motifs is 3. The summed E-state index contributed by atoms with van der Waals surface area (Å²) in [5.41, 5.74) is 5.64. The van der Waals surface area contributed by atoms with Crippen molar-refractivity contribution in [2.75, 3.05) is 31.6 Å². The van der Waals surface area contributed by atoms with Crippen LogP contribution in [0.15, 0.2) is 12.1 Å². The Balaban J connectivity index is 2.19. The van der Waals surface area contributed by atoms with E-state index in [1.807, 2.05) is 19.0 Å². The van der Waals surface area contributed by atoms with Crippen molar-refractivity contribution in [1.29, 1.82) is 0 Å². The fourth-order valence-electron chi connectivity index (χ4n) is 4.72. The Kier molecular flexibility index (Phi) is 7.22. The lowest BCUT2D eigenvalue weighted by atomic mass is 9.87. The summed E-state index contributed by atoms with van der Waals surface area (Å²) < 4.78 is 2.75. The first-order valence-electron chi connectivity index (χ1n) is 11.5. The molecule has 1 aromatic heterocycles. The lowest BCUT2D eigenvalue weighted by Crippen LogP contribution is -2.32. The average molecular weight is 428 g/mol. The maximum absolute atomic E-state index is 13.2. The summed E-state index contributed by atoms with van der Waals surface area (Å²) in [7, 11) is 3.92. The minimum Gasteiger partial charge on any atom is -0.371 e. The van der Waals surface area contributed by atoms with Crippen LogP contribution in [0, 0.1) is 11.6 Å². The summed E-state index contributed by atoms with van der Waals surface area (Å²) in [4.78, 5) is 17.6. The van der Waals surface area contributed by atoms with Crippen molar-refractivity contribution < 1.29 is 4.79 Å². The van der Waals surface area contributed by atoms with Crippen molar-refractivity contribution in [3.05, 3.63) is 33.5 Å². The molecule has 0 bridgehead atoms. The van der Waals surface area contributed by atoms with Gasteiger partial charge < -0.3 is 14.4 Å². The van der Waals surface area contributed by atoms with E-state index in [1.54, 1.807) is 0 Å². The normalized spacial score (nSPS) is 16.1. The van der Waals surface area contributed by atoms with Crippen molar-refractivity contribution in [2.45, 2.75) is 65.7 Å². The largest absolute Gasteiger partial charge is 0.371 e. The molecule has 1 aromatic carbocycles. The second-order valence-electron chi connectivity index (χ2n) is 8.87. The zero-order valence-corrected chi connectivity index (χ0v) is 20.4. The first kappa shape index (κ1) is 22.8. The van der Waals surface area contributed by atoms with Gasteiger partial charge in [-0.15, -0.1) is 0 Å². The second kappa shape index (κ2) is 9.51. The summed E-state index contributed by atoms with van der Waals surface area (Å²) in [6, 6.07) is 4.48.